The lowest BCUT2D eigenvalue weighted by Gasteiger charge is -2.26. The van der Waals surface area contributed by atoms with Crippen molar-refractivity contribution in [1.29, 1.82) is 0 Å². The van der Waals surface area contributed by atoms with Crippen LogP contribution in [0.1, 0.15) is 41.7 Å². The summed E-state index contributed by atoms with van der Waals surface area (Å²) in [5, 5.41) is 2.88. The van der Waals surface area contributed by atoms with Gasteiger partial charge in [-0.1, -0.05) is 18.2 Å². The number of benzene rings is 2. The second-order valence-corrected chi connectivity index (χ2v) is 6.67. The van der Waals surface area contributed by atoms with E-state index in [0.717, 1.165) is 29.8 Å². The molecule has 0 bridgehead atoms. The van der Waals surface area contributed by atoms with Crippen LogP contribution in [0.15, 0.2) is 48.5 Å². The molecule has 26 heavy (non-hydrogen) atoms. The SMILES string of the molecule is COc1ccccc1[C@H](C)N(C)C(=O)c1ccc(NC(=O)C2CC2)cc1. The molecule has 0 radical (unpaired) electrons. The topological polar surface area (TPSA) is 58.6 Å². The normalized spacial score (nSPS) is 14.4. The molecule has 3 rings (SSSR count). The Kier molecular flexibility index (Phi) is 5.26. The summed E-state index contributed by atoms with van der Waals surface area (Å²) in [6.07, 6.45) is 1.93. The number of methoxy groups -OCH3 is 1. The van der Waals surface area contributed by atoms with Crippen LogP contribution < -0.4 is 10.1 Å². The molecule has 1 N–H and O–H groups in total. The van der Waals surface area contributed by atoms with Crippen LogP contribution in [0.25, 0.3) is 0 Å². The summed E-state index contributed by atoms with van der Waals surface area (Å²) in [6, 6.07) is 14.6. The van der Waals surface area contributed by atoms with E-state index in [2.05, 4.69) is 5.32 Å². The van der Waals surface area contributed by atoms with E-state index >= 15 is 0 Å². The predicted octanol–water partition coefficient (Wildman–Crippen LogP) is 3.88. The number of ether oxygens (including phenoxy) is 1. The van der Waals surface area contributed by atoms with E-state index in [0.29, 0.717) is 5.56 Å². The standard InChI is InChI=1S/C21H24N2O3/c1-14(18-6-4-5-7-19(18)26-3)23(2)21(25)16-10-12-17(13-11-16)22-20(24)15-8-9-15/h4-7,10-15H,8-9H2,1-3H3,(H,22,24)/t14-/m0/s1. The molecule has 1 fully saturated rings. The van der Waals surface area contributed by atoms with Crippen molar-refractivity contribution in [2.45, 2.75) is 25.8 Å². The van der Waals surface area contributed by atoms with Crippen LogP contribution in [0.3, 0.4) is 0 Å². The Morgan fingerprint density at radius 3 is 2.38 bits per heavy atom. The zero-order valence-corrected chi connectivity index (χ0v) is 15.4. The zero-order valence-electron chi connectivity index (χ0n) is 15.4. The largest absolute Gasteiger partial charge is 0.496 e. The molecule has 1 aliphatic carbocycles. The van der Waals surface area contributed by atoms with Crippen LogP contribution in [0.5, 0.6) is 5.75 Å². The van der Waals surface area contributed by atoms with Crippen LogP contribution in [0.4, 0.5) is 5.69 Å². The highest BCUT2D eigenvalue weighted by molar-refractivity contribution is 5.96. The number of anilines is 1. The number of carbonyl (C=O) groups excluding carboxylic acids is 2. The molecule has 5 heteroatoms. The fourth-order valence-electron chi connectivity index (χ4n) is 2.89. The van der Waals surface area contributed by atoms with Crippen molar-refractivity contribution >= 4 is 17.5 Å². The number of hydrogen-bond donors (Lipinski definition) is 1. The van der Waals surface area contributed by atoms with Gasteiger partial charge in [-0.05, 0) is 50.1 Å². The van der Waals surface area contributed by atoms with E-state index in [9.17, 15) is 9.59 Å². The zero-order chi connectivity index (χ0) is 18.7. The van der Waals surface area contributed by atoms with Crippen LogP contribution in [0, 0.1) is 5.92 Å². The quantitative estimate of drug-likeness (QED) is 0.858. The summed E-state index contributed by atoms with van der Waals surface area (Å²) in [5.41, 5.74) is 2.26. The lowest BCUT2D eigenvalue weighted by Crippen LogP contribution is -2.29. The molecule has 0 aromatic heterocycles. The highest BCUT2D eigenvalue weighted by atomic mass is 16.5. The molecular weight excluding hydrogens is 328 g/mol. The fraction of sp³-hybridized carbons (Fsp3) is 0.333. The molecule has 2 aromatic rings. The number of nitrogens with zero attached hydrogens (tertiary/aromatic N) is 1. The van der Waals surface area contributed by atoms with Gasteiger partial charge < -0.3 is 15.0 Å². The number of rotatable bonds is 6. The molecule has 1 aliphatic rings. The minimum atomic E-state index is -0.132. The van der Waals surface area contributed by atoms with Gasteiger partial charge in [-0.2, -0.15) is 0 Å². The van der Waals surface area contributed by atoms with E-state index in [1.807, 2.05) is 31.2 Å². The molecule has 0 heterocycles. The Morgan fingerprint density at radius 2 is 1.77 bits per heavy atom. The molecule has 5 nitrogen and oxygen atoms in total. The molecule has 136 valence electrons. The molecule has 0 saturated heterocycles. The summed E-state index contributed by atoms with van der Waals surface area (Å²) in [5.74, 6) is 0.899. The average Bonchev–Trinajstić information content (AvgIpc) is 3.52. The van der Waals surface area contributed by atoms with Crippen molar-refractivity contribution in [3.05, 3.63) is 59.7 Å². The minimum Gasteiger partial charge on any atom is -0.496 e. The van der Waals surface area contributed by atoms with E-state index < -0.39 is 0 Å². The van der Waals surface area contributed by atoms with Gasteiger partial charge in [-0.3, -0.25) is 9.59 Å². The predicted molar refractivity (Wildman–Crippen MR) is 101 cm³/mol. The van der Waals surface area contributed by atoms with Crippen molar-refractivity contribution in [3.8, 4) is 5.75 Å². The monoisotopic (exact) mass is 352 g/mol. The molecule has 2 amide bonds. The van der Waals surface area contributed by atoms with Gasteiger partial charge in [0.2, 0.25) is 5.91 Å². The Hall–Kier alpha value is -2.82. The van der Waals surface area contributed by atoms with Gasteiger partial charge in [0.05, 0.1) is 13.2 Å². The Labute approximate surface area is 154 Å². The molecule has 1 atom stereocenters. The van der Waals surface area contributed by atoms with Crippen molar-refractivity contribution in [2.75, 3.05) is 19.5 Å². The fourth-order valence-corrected chi connectivity index (χ4v) is 2.89. The third-order valence-electron chi connectivity index (χ3n) is 4.84. The summed E-state index contributed by atoms with van der Waals surface area (Å²) >= 11 is 0. The van der Waals surface area contributed by atoms with Gasteiger partial charge in [0.15, 0.2) is 0 Å². The van der Waals surface area contributed by atoms with Gasteiger partial charge in [0.25, 0.3) is 5.91 Å². The number of hydrogen-bond acceptors (Lipinski definition) is 3. The first-order chi connectivity index (χ1) is 12.5. The Balaban J connectivity index is 1.70. The van der Waals surface area contributed by atoms with Crippen molar-refractivity contribution in [3.63, 3.8) is 0 Å². The van der Waals surface area contributed by atoms with Gasteiger partial charge in [0.1, 0.15) is 5.75 Å². The van der Waals surface area contributed by atoms with Crippen LogP contribution in [-0.4, -0.2) is 30.9 Å². The number of nitrogens with one attached hydrogen (secondary N) is 1. The average molecular weight is 352 g/mol. The highest BCUT2D eigenvalue weighted by Crippen LogP contribution is 2.31. The third-order valence-corrected chi connectivity index (χ3v) is 4.84. The van der Waals surface area contributed by atoms with E-state index in [1.165, 1.54) is 0 Å². The number of para-hydroxylation sites is 1. The Bertz CT molecular complexity index is 797. The van der Waals surface area contributed by atoms with Crippen molar-refractivity contribution in [2.24, 2.45) is 5.92 Å². The summed E-state index contributed by atoms with van der Waals surface area (Å²) < 4.78 is 5.40. The summed E-state index contributed by atoms with van der Waals surface area (Å²) in [4.78, 5) is 26.3. The number of amides is 2. The second-order valence-electron chi connectivity index (χ2n) is 6.67. The van der Waals surface area contributed by atoms with Gasteiger partial charge in [-0.25, -0.2) is 0 Å². The van der Waals surface area contributed by atoms with Gasteiger partial charge >= 0.3 is 0 Å². The first kappa shape index (κ1) is 18.0. The second kappa shape index (κ2) is 7.60. The third kappa shape index (κ3) is 3.87. The first-order valence-corrected chi connectivity index (χ1v) is 8.82. The molecule has 2 aromatic carbocycles. The highest BCUT2D eigenvalue weighted by Gasteiger charge is 2.29. The summed E-state index contributed by atoms with van der Waals surface area (Å²) in [7, 11) is 3.41. The van der Waals surface area contributed by atoms with Gasteiger partial charge in [0, 0.05) is 29.8 Å². The molecule has 0 aliphatic heterocycles. The van der Waals surface area contributed by atoms with E-state index in [4.69, 9.17) is 4.74 Å². The van der Waals surface area contributed by atoms with E-state index in [-0.39, 0.29) is 23.8 Å². The summed E-state index contributed by atoms with van der Waals surface area (Å²) in [6.45, 7) is 1.97. The number of carbonyl (C=O) groups is 2. The maximum Gasteiger partial charge on any atom is 0.254 e. The minimum absolute atomic E-state index is 0.0611. The molecule has 1 saturated carbocycles. The van der Waals surface area contributed by atoms with Crippen LogP contribution >= 0.6 is 0 Å². The lowest BCUT2D eigenvalue weighted by atomic mass is 10.0. The van der Waals surface area contributed by atoms with Crippen LogP contribution in [0.2, 0.25) is 0 Å². The molecule has 0 spiro atoms. The van der Waals surface area contributed by atoms with Crippen molar-refractivity contribution < 1.29 is 14.3 Å². The molecular formula is C21H24N2O3. The smallest absolute Gasteiger partial charge is 0.254 e. The Morgan fingerprint density at radius 1 is 1.12 bits per heavy atom. The molecule has 0 unspecified atom stereocenters. The van der Waals surface area contributed by atoms with Crippen molar-refractivity contribution in [1.82, 2.24) is 4.90 Å². The first-order valence-electron chi connectivity index (χ1n) is 8.82. The van der Waals surface area contributed by atoms with Crippen LogP contribution in [-0.2, 0) is 4.79 Å². The maximum absolute atomic E-state index is 12.8. The maximum atomic E-state index is 12.8. The lowest BCUT2D eigenvalue weighted by molar-refractivity contribution is -0.117. The van der Waals surface area contributed by atoms with E-state index in [1.54, 1.807) is 43.3 Å². The van der Waals surface area contributed by atoms with Gasteiger partial charge in [-0.15, -0.1) is 0 Å².